The molecule has 1 unspecified atom stereocenters. The van der Waals surface area contributed by atoms with Crippen molar-refractivity contribution >= 4 is 11.6 Å². The third kappa shape index (κ3) is 4.25. The third-order valence-corrected chi connectivity index (χ3v) is 4.12. The van der Waals surface area contributed by atoms with E-state index < -0.39 is 0 Å². The lowest BCUT2D eigenvalue weighted by atomic mass is 9.86. The first-order valence-electron chi connectivity index (χ1n) is 7.27. The molecule has 2 aromatic carbocycles. The van der Waals surface area contributed by atoms with Crippen molar-refractivity contribution in [1.82, 2.24) is 0 Å². The van der Waals surface area contributed by atoms with Crippen LogP contribution in [-0.4, -0.2) is 7.11 Å². The molecule has 21 heavy (non-hydrogen) atoms. The van der Waals surface area contributed by atoms with Crippen LogP contribution in [0, 0.1) is 0 Å². The molecule has 0 heterocycles. The van der Waals surface area contributed by atoms with Crippen LogP contribution in [0.4, 0.5) is 0 Å². The Morgan fingerprint density at radius 3 is 2.00 bits per heavy atom. The van der Waals surface area contributed by atoms with Gasteiger partial charge in [-0.1, -0.05) is 57.2 Å². The minimum absolute atomic E-state index is 0.00702. The average molecular weight is 303 g/mol. The van der Waals surface area contributed by atoms with Crippen molar-refractivity contribution in [2.45, 2.75) is 38.0 Å². The first-order chi connectivity index (χ1) is 9.90. The summed E-state index contributed by atoms with van der Waals surface area (Å²) in [5.74, 6) is 0.874. The number of alkyl halides is 1. The molecule has 0 aromatic heterocycles. The Hall–Kier alpha value is -1.47. The molecule has 0 aliphatic rings. The first-order valence-corrected chi connectivity index (χ1v) is 7.71. The lowest BCUT2D eigenvalue weighted by Crippen LogP contribution is -2.10. The van der Waals surface area contributed by atoms with Crippen LogP contribution in [0.1, 0.15) is 42.8 Å². The summed E-state index contributed by atoms with van der Waals surface area (Å²) in [7, 11) is 1.68. The van der Waals surface area contributed by atoms with Gasteiger partial charge in [0.1, 0.15) is 5.75 Å². The number of halogens is 1. The predicted octanol–water partition coefficient (Wildman–Crippen LogP) is 5.52. The molecule has 1 nitrogen and oxygen atoms in total. The molecule has 0 radical (unpaired) electrons. The largest absolute Gasteiger partial charge is 0.497 e. The Morgan fingerprint density at radius 2 is 1.52 bits per heavy atom. The van der Waals surface area contributed by atoms with Crippen LogP contribution in [-0.2, 0) is 11.8 Å². The molecular weight excluding hydrogens is 280 g/mol. The number of methoxy groups -OCH3 is 1. The summed E-state index contributed by atoms with van der Waals surface area (Å²) >= 11 is 6.55. The van der Waals surface area contributed by atoms with Crippen LogP contribution in [0.25, 0.3) is 0 Å². The van der Waals surface area contributed by atoms with E-state index in [9.17, 15) is 0 Å². The van der Waals surface area contributed by atoms with Crippen LogP contribution in [0.5, 0.6) is 5.75 Å². The van der Waals surface area contributed by atoms with Crippen molar-refractivity contribution in [2.24, 2.45) is 0 Å². The Labute approximate surface area is 132 Å². The monoisotopic (exact) mass is 302 g/mol. The third-order valence-electron chi connectivity index (χ3n) is 3.71. The zero-order valence-electron chi connectivity index (χ0n) is 13.2. The molecule has 2 heteroatoms. The summed E-state index contributed by atoms with van der Waals surface area (Å²) in [6.45, 7) is 6.66. The maximum Gasteiger partial charge on any atom is 0.118 e. The normalized spacial score (nSPS) is 13.0. The number of hydrogen-bond acceptors (Lipinski definition) is 1. The number of ether oxygens (including phenoxy) is 1. The number of benzene rings is 2. The first kappa shape index (κ1) is 15.9. The Balaban J connectivity index is 2.07. The zero-order valence-corrected chi connectivity index (χ0v) is 13.9. The number of rotatable bonds is 4. The minimum atomic E-state index is -0.00702. The quantitative estimate of drug-likeness (QED) is 0.676. The van der Waals surface area contributed by atoms with Gasteiger partial charge in [-0.15, -0.1) is 11.6 Å². The van der Waals surface area contributed by atoms with Gasteiger partial charge in [0.25, 0.3) is 0 Å². The molecule has 112 valence electrons. The molecule has 0 spiro atoms. The van der Waals surface area contributed by atoms with Crippen molar-refractivity contribution in [3.63, 3.8) is 0 Å². The second-order valence-corrected chi connectivity index (χ2v) is 6.92. The summed E-state index contributed by atoms with van der Waals surface area (Å²) < 4.78 is 5.17. The molecule has 2 aromatic rings. The van der Waals surface area contributed by atoms with Crippen LogP contribution in [0.3, 0.4) is 0 Å². The molecule has 0 saturated carbocycles. The van der Waals surface area contributed by atoms with Crippen LogP contribution < -0.4 is 4.74 Å². The van der Waals surface area contributed by atoms with E-state index in [1.165, 1.54) is 16.7 Å². The molecule has 0 N–H and O–H groups in total. The van der Waals surface area contributed by atoms with Crippen molar-refractivity contribution in [1.29, 1.82) is 0 Å². The van der Waals surface area contributed by atoms with E-state index in [0.717, 1.165) is 12.2 Å². The number of hydrogen-bond donors (Lipinski definition) is 0. The smallest absolute Gasteiger partial charge is 0.118 e. The van der Waals surface area contributed by atoms with Gasteiger partial charge in [0.05, 0.1) is 12.5 Å². The van der Waals surface area contributed by atoms with Gasteiger partial charge < -0.3 is 4.74 Å². The fourth-order valence-electron chi connectivity index (χ4n) is 2.28. The van der Waals surface area contributed by atoms with E-state index in [1.54, 1.807) is 7.11 Å². The van der Waals surface area contributed by atoms with Crippen molar-refractivity contribution in [2.75, 3.05) is 7.11 Å². The van der Waals surface area contributed by atoms with Crippen LogP contribution in [0.15, 0.2) is 48.5 Å². The SMILES string of the molecule is COc1ccc(CC(Cl)c2ccc(C(C)(C)C)cc2)cc1. The van der Waals surface area contributed by atoms with Gasteiger partial charge in [-0.2, -0.15) is 0 Å². The molecule has 0 aliphatic carbocycles. The van der Waals surface area contributed by atoms with Gasteiger partial charge in [-0.3, -0.25) is 0 Å². The molecule has 0 amide bonds. The minimum Gasteiger partial charge on any atom is -0.497 e. The molecular formula is C19H23ClO. The van der Waals surface area contributed by atoms with Crippen LogP contribution in [0.2, 0.25) is 0 Å². The highest BCUT2D eigenvalue weighted by Gasteiger charge is 2.15. The Morgan fingerprint density at radius 1 is 0.952 bits per heavy atom. The second kappa shape index (κ2) is 6.53. The lowest BCUT2D eigenvalue weighted by Gasteiger charge is -2.20. The van der Waals surface area contributed by atoms with Gasteiger partial charge in [-0.25, -0.2) is 0 Å². The van der Waals surface area contributed by atoms with Crippen molar-refractivity contribution in [3.8, 4) is 5.75 Å². The van der Waals surface area contributed by atoms with Gasteiger partial charge in [0.2, 0.25) is 0 Å². The lowest BCUT2D eigenvalue weighted by molar-refractivity contribution is 0.414. The molecule has 0 bridgehead atoms. The maximum absolute atomic E-state index is 6.55. The standard InChI is InChI=1S/C19H23ClO/c1-19(2,3)16-9-7-15(8-10-16)18(20)13-14-5-11-17(21-4)12-6-14/h5-12,18H,13H2,1-4H3. The maximum atomic E-state index is 6.55. The molecule has 0 fully saturated rings. The molecule has 2 rings (SSSR count). The Kier molecular flexibility index (Phi) is 4.95. The van der Waals surface area contributed by atoms with E-state index in [2.05, 4.69) is 57.2 Å². The van der Waals surface area contributed by atoms with Gasteiger partial charge in [-0.05, 0) is 40.7 Å². The fourth-order valence-corrected chi connectivity index (χ4v) is 2.60. The van der Waals surface area contributed by atoms with Crippen molar-refractivity contribution < 1.29 is 4.74 Å². The van der Waals surface area contributed by atoms with Crippen molar-refractivity contribution in [3.05, 3.63) is 65.2 Å². The summed E-state index contributed by atoms with van der Waals surface area (Å²) in [4.78, 5) is 0. The molecule has 1 atom stereocenters. The molecule has 0 aliphatic heterocycles. The molecule has 0 saturated heterocycles. The highest BCUT2D eigenvalue weighted by molar-refractivity contribution is 6.20. The van der Waals surface area contributed by atoms with E-state index in [1.807, 2.05) is 12.1 Å². The van der Waals surface area contributed by atoms with E-state index in [0.29, 0.717) is 0 Å². The second-order valence-electron chi connectivity index (χ2n) is 6.39. The summed E-state index contributed by atoms with van der Waals surface area (Å²) in [6.07, 6.45) is 0.820. The van der Waals surface area contributed by atoms with E-state index in [4.69, 9.17) is 16.3 Å². The van der Waals surface area contributed by atoms with Gasteiger partial charge in [0.15, 0.2) is 0 Å². The predicted molar refractivity (Wildman–Crippen MR) is 90.4 cm³/mol. The van der Waals surface area contributed by atoms with E-state index in [-0.39, 0.29) is 10.8 Å². The fraction of sp³-hybridized carbons (Fsp3) is 0.368. The summed E-state index contributed by atoms with van der Waals surface area (Å²) in [5, 5.41) is -0.00702. The van der Waals surface area contributed by atoms with E-state index >= 15 is 0 Å². The summed E-state index contributed by atoms with van der Waals surface area (Å²) in [5.41, 5.74) is 3.90. The highest BCUT2D eigenvalue weighted by Crippen LogP contribution is 2.28. The van der Waals surface area contributed by atoms with Gasteiger partial charge >= 0.3 is 0 Å². The average Bonchev–Trinajstić information content (AvgIpc) is 2.47. The Bertz CT molecular complexity index is 564. The van der Waals surface area contributed by atoms with Crippen LogP contribution >= 0.6 is 11.6 Å². The topological polar surface area (TPSA) is 9.23 Å². The zero-order chi connectivity index (χ0) is 15.5. The summed E-state index contributed by atoms with van der Waals surface area (Å²) in [6, 6.07) is 16.7. The van der Waals surface area contributed by atoms with Gasteiger partial charge in [0, 0.05) is 0 Å². The highest BCUT2D eigenvalue weighted by atomic mass is 35.5.